The fraction of sp³-hybridized carbons (Fsp3) is 0.190. The highest BCUT2D eigenvalue weighted by Gasteiger charge is 2.16. The van der Waals surface area contributed by atoms with Gasteiger partial charge in [-0.15, -0.1) is 0 Å². The molecule has 0 saturated heterocycles. The average molecular weight is 398 g/mol. The van der Waals surface area contributed by atoms with Gasteiger partial charge in [0.05, 0.1) is 13.7 Å². The zero-order valence-corrected chi connectivity index (χ0v) is 15.8. The number of carbonyl (C=O) groups is 2. The molecule has 0 fully saturated rings. The maximum absolute atomic E-state index is 12.1. The van der Waals surface area contributed by atoms with Gasteiger partial charge < -0.3 is 23.4 Å². The Morgan fingerprint density at radius 1 is 1.03 bits per heavy atom. The highest BCUT2D eigenvalue weighted by Crippen LogP contribution is 2.26. The third-order valence-corrected chi connectivity index (χ3v) is 3.85. The third-order valence-electron chi connectivity index (χ3n) is 3.85. The molecule has 0 bridgehead atoms. The second-order valence-corrected chi connectivity index (χ2v) is 5.78. The van der Waals surface area contributed by atoms with Crippen LogP contribution in [0.2, 0.25) is 0 Å². The first kappa shape index (κ1) is 19.9. The molecule has 0 unspecified atom stereocenters. The van der Waals surface area contributed by atoms with Gasteiger partial charge in [0.2, 0.25) is 0 Å². The van der Waals surface area contributed by atoms with Crippen LogP contribution in [0.4, 0.5) is 0 Å². The van der Waals surface area contributed by atoms with Crippen LogP contribution in [0.3, 0.4) is 0 Å². The van der Waals surface area contributed by atoms with E-state index in [1.54, 1.807) is 37.3 Å². The van der Waals surface area contributed by atoms with Crippen LogP contribution >= 0.6 is 0 Å². The molecule has 150 valence electrons. The Labute approximate surface area is 165 Å². The first-order valence-corrected chi connectivity index (χ1v) is 8.73. The molecule has 29 heavy (non-hydrogen) atoms. The van der Waals surface area contributed by atoms with Crippen molar-refractivity contribution in [2.45, 2.75) is 6.92 Å². The number of fused-ring (bicyclic) bond motifs is 1. The van der Waals surface area contributed by atoms with Crippen molar-refractivity contribution in [2.24, 2.45) is 0 Å². The highest BCUT2D eigenvalue weighted by atomic mass is 16.6. The zero-order chi connectivity index (χ0) is 20.8. The zero-order valence-electron chi connectivity index (χ0n) is 15.8. The van der Waals surface area contributed by atoms with Crippen molar-refractivity contribution in [1.29, 1.82) is 0 Å². The minimum absolute atomic E-state index is 0.141. The molecule has 0 saturated carbocycles. The number of hydrogen-bond acceptors (Lipinski definition) is 8. The average Bonchev–Trinajstić information content (AvgIpc) is 2.72. The van der Waals surface area contributed by atoms with Crippen molar-refractivity contribution in [1.82, 2.24) is 0 Å². The Bertz CT molecular complexity index is 1100. The number of carbonyl (C=O) groups excluding carboxylic acids is 2. The Kier molecular flexibility index (Phi) is 6.13. The summed E-state index contributed by atoms with van der Waals surface area (Å²) in [7, 11) is 1.50. The molecule has 0 atom stereocenters. The molecule has 0 radical (unpaired) electrons. The lowest BCUT2D eigenvalue weighted by atomic mass is 10.2. The Hall–Kier alpha value is -3.81. The summed E-state index contributed by atoms with van der Waals surface area (Å²) in [5.74, 6) is -0.348. The predicted octanol–water partition coefficient (Wildman–Crippen LogP) is 2.96. The second kappa shape index (κ2) is 8.92. The van der Waals surface area contributed by atoms with Crippen LogP contribution in [0, 0.1) is 0 Å². The van der Waals surface area contributed by atoms with E-state index in [0.717, 1.165) is 0 Å². The Balaban J connectivity index is 1.71. The van der Waals surface area contributed by atoms with Gasteiger partial charge in [0.25, 0.3) is 0 Å². The van der Waals surface area contributed by atoms with E-state index in [1.165, 1.54) is 25.3 Å². The summed E-state index contributed by atoms with van der Waals surface area (Å²) in [6.07, 6.45) is 0. The van der Waals surface area contributed by atoms with Crippen molar-refractivity contribution in [3.05, 3.63) is 64.5 Å². The minimum atomic E-state index is -0.834. The molecule has 0 spiro atoms. The fourth-order valence-corrected chi connectivity index (χ4v) is 2.54. The molecule has 0 N–H and O–H groups in total. The van der Waals surface area contributed by atoms with Crippen molar-refractivity contribution < 1.29 is 33.0 Å². The van der Waals surface area contributed by atoms with Crippen molar-refractivity contribution in [3.63, 3.8) is 0 Å². The maximum Gasteiger partial charge on any atom is 0.351 e. The van der Waals surface area contributed by atoms with Crippen LogP contribution in [0.5, 0.6) is 17.2 Å². The van der Waals surface area contributed by atoms with Gasteiger partial charge in [-0.05, 0) is 37.3 Å². The standard InChI is InChI=1S/C21H18O8/c1-3-26-20(23)15-10-13-8-9-14(11-18(13)29-21(15)24)28-19(22)12-27-17-7-5-4-6-16(17)25-2/h4-11H,3,12H2,1-2H3. The molecule has 8 heteroatoms. The van der Waals surface area contributed by atoms with Crippen molar-refractivity contribution in [3.8, 4) is 17.2 Å². The molecule has 1 aromatic heterocycles. The second-order valence-electron chi connectivity index (χ2n) is 5.78. The molecular weight excluding hydrogens is 380 g/mol. The van der Waals surface area contributed by atoms with Crippen molar-refractivity contribution in [2.75, 3.05) is 20.3 Å². The van der Waals surface area contributed by atoms with Gasteiger partial charge in [-0.25, -0.2) is 14.4 Å². The summed E-state index contributed by atoms with van der Waals surface area (Å²) in [6, 6.07) is 12.7. The van der Waals surface area contributed by atoms with E-state index >= 15 is 0 Å². The van der Waals surface area contributed by atoms with Gasteiger partial charge in [0.15, 0.2) is 18.1 Å². The minimum Gasteiger partial charge on any atom is -0.493 e. The summed E-state index contributed by atoms with van der Waals surface area (Å²) in [5.41, 5.74) is -0.868. The number of hydrogen-bond donors (Lipinski definition) is 0. The monoisotopic (exact) mass is 398 g/mol. The lowest BCUT2D eigenvalue weighted by Crippen LogP contribution is -2.18. The summed E-state index contributed by atoms with van der Waals surface area (Å²) >= 11 is 0. The van der Waals surface area contributed by atoms with Crippen LogP contribution in [-0.4, -0.2) is 32.3 Å². The van der Waals surface area contributed by atoms with E-state index in [0.29, 0.717) is 16.9 Å². The predicted molar refractivity (Wildman–Crippen MR) is 103 cm³/mol. The number of methoxy groups -OCH3 is 1. The number of esters is 2. The maximum atomic E-state index is 12.1. The molecular formula is C21H18O8. The van der Waals surface area contributed by atoms with E-state index in [4.69, 9.17) is 23.4 Å². The van der Waals surface area contributed by atoms with Gasteiger partial charge in [0.1, 0.15) is 16.9 Å². The first-order chi connectivity index (χ1) is 14.0. The normalized spacial score (nSPS) is 10.4. The number of ether oxygens (including phenoxy) is 4. The summed E-state index contributed by atoms with van der Waals surface area (Å²) in [4.78, 5) is 35.8. The van der Waals surface area contributed by atoms with E-state index < -0.39 is 17.6 Å². The topological polar surface area (TPSA) is 101 Å². The van der Waals surface area contributed by atoms with Gasteiger partial charge in [0, 0.05) is 11.5 Å². The van der Waals surface area contributed by atoms with Crippen LogP contribution in [0.1, 0.15) is 17.3 Å². The van der Waals surface area contributed by atoms with Gasteiger partial charge >= 0.3 is 17.6 Å². The summed E-state index contributed by atoms with van der Waals surface area (Å²) in [5, 5.41) is 0.484. The molecule has 3 rings (SSSR count). The smallest absolute Gasteiger partial charge is 0.351 e. The molecule has 2 aromatic carbocycles. The Morgan fingerprint density at radius 3 is 2.52 bits per heavy atom. The molecule has 8 nitrogen and oxygen atoms in total. The molecule has 3 aromatic rings. The van der Waals surface area contributed by atoms with Crippen LogP contribution in [0.25, 0.3) is 11.0 Å². The van der Waals surface area contributed by atoms with Gasteiger partial charge in [-0.3, -0.25) is 0 Å². The molecule has 0 aliphatic carbocycles. The SMILES string of the molecule is CCOC(=O)c1cc2ccc(OC(=O)COc3ccccc3OC)cc2oc1=O. The summed E-state index contributed by atoms with van der Waals surface area (Å²) < 4.78 is 25.7. The number of para-hydroxylation sites is 2. The van der Waals surface area contributed by atoms with Crippen molar-refractivity contribution >= 4 is 22.9 Å². The summed E-state index contributed by atoms with van der Waals surface area (Å²) in [6.45, 7) is 1.44. The lowest BCUT2D eigenvalue weighted by Gasteiger charge is -2.10. The third kappa shape index (κ3) is 4.73. The molecule has 1 heterocycles. The van der Waals surface area contributed by atoms with E-state index in [9.17, 15) is 14.4 Å². The van der Waals surface area contributed by atoms with E-state index in [1.807, 2.05) is 0 Å². The van der Waals surface area contributed by atoms with Gasteiger partial charge in [-0.1, -0.05) is 12.1 Å². The lowest BCUT2D eigenvalue weighted by molar-refractivity contribution is -0.136. The molecule has 0 aliphatic rings. The van der Waals surface area contributed by atoms with Crippen LogP contribution in [-0.2, 0) is 9.53 Å². The van der Waals surface area contributed by atoms with E-state index in [2.05, 4.69) is 0 Å². The first-order valence-electron chi connectivity index (χ1n) is 8.73. The Morgan fingerprint density at radius 2 is 1.79 bits per heavy atom. The number of rotatable bonds is 7. The number of benzene rings is 2. The fourth-order valence-electron chi connectivity index (χ4n) is 2.54. The largest absolute Gasteiger partial charge is 0.493 e. The molecule has 0 amide bonds. The van der Waals surface area contributed by atoms with Gasteiger partial charge in [-0.2, -0.15) is 0 Å². The van der Waals surface area contributed by atoms with Crippen LogP contribution in [0.15, 0.2) is 57.7 Å². The quantitative estimate of drug-likeness (QED) is 0.340. The van der Waals surface area contributed by atoms with E-state index in [-0.39, 0.29) is 30.1 Å². The highest BCUT2D eigenvalue weighted by molar-refractivity contribution is 5.93. The molecule has 0 aliphatic heterocycles. The van der Waals surface area contributed by atoms with Crippen LogP contribution < -0.4 is 19.8 Å².